The predicted molar refractivity (Wildman–Crippen MR) is 121 cm³/mol. The van der Waals surface area contributed by atoms with Crippen molar-refractivity contribution in [2.45, 2.75) is 0 Å². The first-order chi connectivity index (χ1) is 13.3. The number of nitrogens with one attached hydrogen (secondary N) is 2. The second kappa shape index (κ2) is 6.22. The molecule has 2 aromatic heterocycles. The van der Waals surface area contributed by atoms with Gasteiger partial charge in [-0.25, -0.2) is 0 Å². The first-order valence-electron chi connectivity index (χ1n) is 8.86. The van der Waals surface area contributed by atoms with Crippen LogP contribution in [-0.4, -0.2) is 9.97 Å². The number of allylic oxidation sites excluding steroid dienone is 3. The highest BCUT2D eigenvalue weighted by Gasteiger charge is 2.20. The van der Waals surface area contributed by atoms with Crippen molar-refractivity contribution in [3.8, 4) is 0 Å². The van der Waals surface area contributed by atoms with Crippen LogP contribution in [0.1, 0.15) is 33.8 Å². The normalized spacial score (nSPS) is 21.2. The third-order valence-electron chi connectivity index (χ3n) is 4.97. The Kier molecular flexibility index (Phi) is 3.69. The fraction of sp³-hybridized carbons (Fsp3) is 0. The number of aromatic nitrogens is 2. The number of benzene rings is 1. The molecule has 27 heavy (non-hydrogen) atoms. The maximum atomic E-state index is 4.01. The highest BCUT2D eigenvalue weighted by atomic mass is 32.2. The summed E-state index contributed by atoms with van der Waals surface area (Å²) in [4.78, 5) is 9.45. The third-order valence-corrected chi connectivity index (χ3v) is 6.02. The smallest absolute Gasteiger partial charge is 0.0476 e. The van der Waals surface area contributed by atoms with Crippen LogP contribution >= 0.6 is 11.8 Å². The average Bonchev–Trinajstić information content (AvgIpc) is 3.18. The molecule has 0 saturated heterocycles. The van der Waals surface area contributed by atoms with Crippen molar-refractivity contribution in [1.82, 2.24) is 9.97 Å². The van der Waals surface area contributed by atoms with Crippen LogP contribution < -0.4 is 0 Å². The molecule has 130 valence electrons. The van der Waals surface area contributed by atoms with Gasteiger partial charge in [-0.15, -0.1) is 0 Å². The van der Waals surface area contributed by atoms with E-state index in [2.05, 4.69) is 83.8 Å². The number of aromatic amines is 2. The molecule has 0 saturated carbocycles. The van der Waals surface area contributed by atoms with Crippen molar-refractivity contribution in [2.75, 3.05) is 0 Å². The summed E-state index contributed by atoms with van der Waals surface area (Å²) >= 11 is 1.79. The molecule has 0 aliphatic carbocycles. The summed E-state index contributed by atoms with van der Waals surface area (Å²) in [5.74, 6) is 0. The molecule has 2 aliphatic rings. The summed E-state index contributed by atoms with van der Waals surface area (Å²) in [6.07, 6.45) is 16.7. The molecule has 0 radical (unpaired) electrons. The SMILES string of the molecule is C=Cc1[nH]c2c(c1C=C)/C=C1\SC(=C\C=C/c3[nH]c4ccccc4c31)/C=C\2. The van der Waals surface area contributed by atoms with Gasteiger partial charge in [-0.2, -0.15) is 0 Å². The molecular formula is C24H18N2S. The zero-order valence-corrected chi connectivity index (χ0v) is 15.6. The van der Waals surface area contributed by atoms with E-state index in [0.717, 1.165) is 33.7 Å². The molecule has 3 aromatic rings. The number of hydrogen-bond acceptors (Lipinski definition) is 1. The summed E-state index contributed by atoms with van der Waals surface area (Å²) in [5, 5.41) is 1.24. The minimum Gasteiger partial charge on any atom is -0.355 e. The minimum atomic E-state index is 1.000. The van der Waals surface area contributed by atoms with Crippen molar-refractivity contribution in [3.63, 3.8) is 0 Å². The third kappa shape index (κ3) is 2.51. The Bertz CT molecular complexity index is 1220. The Morgan fingerprint density at radius 3 is 2.67 bits per heavy atom. The van der Waals surface area contributed by atoms with Gasteiger partial charge in [-0.1, -0.05) is 55.3 Å². The number of H-pyrrole nitrogens is 2. The Hall–Kier alpha value is -3.17. The Balaban J connectivity index is 1.86. The van der Waals surface area contributed by atoms with Crippen molar-refractivity contribution < 1.29 is 0 Å². The van der Waals surface area contributed by atoms with E-state index in [9.17, 15) is 0 Å². The lowest BCUT2D eigenvalue weighted by Crippen LogP contribution is -1.90. The van der Waals surface area contributed by atoms with Gasteiger partial charge in [0.05, 0.1) is 0 Å². The van der Waals surface area contributed by atoms with Gasteiger partial charge < -0.3 is 9.97 Å². The molecule has 2 N–H and O–H groups in total. The molecule has 2 bridgehead atoms. The van der Waals surface area contributed by atoms with E-state index in [-0.39, 0.29) is 0 Å². The first kappa shape index (κ1) is 16.0. The van der Waals surface area contributed by atoms with Crippen LogP contribution in [0.25, 0.3) is 46.2 Å². The summed E-state index contributed by atoms with van der Waals surface area (Å²) in [7, 11) is 0. The van der Waals surface area contributed by atoms with E-state index in [1.807, 2.05) is 12.2 Å². The van der Waals surface area contributed by atoms with E-state index >= 15 is 0 Å². The van der Waals surface area contributed by atoms with Gasteiger partial charge in [0.2, 0.25) is 0 Å². The minimum absolute atomic E-state index is 1.000. The fourth-order valence-electron chi connectivity index (χ4n) is 3.73. The topological polar surface area (TPSA) is 31.6 Å². The van der Waals surface area contributed by atoms with E-state index in [4.69, 9.17) is 0 Å². The molecule has 0 unspecified atom stereocenters. The lowest BCUT2D eigenvalue weighted by atomic mass is 10.0. The molecule has 3 heteroatoms. The quantitative estimate of drug-likeness (QED) is 0.505. The van der Waals surface area contributed by atoms with Crippen LogP contribution in [-0.2, 0) is 0 Å². The van der Waals surface area contributed by atoms with E-state index in [1.54, 1.807) is 11.8 Å². The molecule has 0 atom stereocenters. The van der Waals surface area contributed by atoms with E-state index in [1.165, 1.54) is 20.8 Å². The van der Waals surface area contributed by atoms with Crippen LogP contribution in [0.3, 0.4) is 0 Å². The second-order valence-electron chi connectivity index (χ2n) is 6.52. The van der Waals surface area contributed by atoms with Gasteiger partial charge in [0.25, 0.3) is 0 Å². The van der Waals surface area contributed by atoms with Crippen LogP contribution in [0.5, 0.6) is 0 Å². The number of thioether (sulfide) groups is 1. The van der Waals surface area contributed by atoms with Crippen molar-refractivity contribution in [3.05, 3.63) is 94.3 Å². The van der Waals surface area contributed by atoms with Crippen molar-refractivity contribution >= 4 is 58.0 Å². The van der Waals surface area contributed by atoms with Gasteiger partial charge in [0, 0.05) is 54.5 Å². The Morgan fingerprint density at radius 1 is 0.926 bits per heavy atom. The largest absolute Gasteiger partial charge is 0.355 e. The van der Waals surface area contributed by atoms with Crippen LogP contribution in [0.15, 0.2) is 60.6 Å². The van der Waals surface area contributed by atoms with Gasteiger partial charge in [0.1, 0.15) is 0 Å². The Morgan fingerprint density at radius 2 is 1.81 bits per heavy atom. The highest BCUT2D eigenvalue weighted by molar-refractivity contribution is 8.12. The highest BCUT2D eigenvalue weighted by Crippen LogP contribution is 2.44. The summed E-state index contributed by atoms with van der Waals surface area (Å²) in [6.45, 7) is 7.95. The monoisotopic (exact) mass is 366 g/mol. The first-order valence-corrected chi connectivity index (χ1v) is 9.68. The summed E-state index contributed by atoms with van der Waals surface area (Å²) in [5.41, 5.74) is 7.85. The standard InChI is InChI=1S/C24H18N2S/c1-3-16-18-14-23-24-17-9-5-6-10-20(17)26-22(24)11-7-8-15(27-23)12-13-21(18)25-19(16)4-2/h3-14,25-26H,1-2H2/b8-7?,11-7-,13-12-,15-8-,15-12?,18-14?,21-13?,22-11?,23-14-,24-23?. The van der Waals surface area contributed by atoms with Gasteiger partial charge in [-0.05, 0) is 42.5 Å². The molecule has 0 amide bonds. The van der Waals surface area contributed by atoms with Crippen LogP contribution in [0.4, 0.5) is 0 Å². The van der Waals surface area contributed by atoms with Crippen molar-refractivity contribution in [1.29, 1.82) is 0 Å². The summed E-state index contributed by atoms with van der Waals surface area (Å²) in [6, 6.07) is 8.47. The van der Waals surface area contributed by atoms with Crippen LogP contribution in [0.2, 0.25) is 0 Å². The lowest BCUT2D eigenvalue weighted by molar-refractivity contribution is 1.34. The average molecular weight is 366 g/mol. The molecule has 1 aromatic carbocycles. The van der Waals surface area contributed by atoms with E-state index in [0.29, 0.717) is 0 Å². The van der Waals surface area contributed by atoms with Crippen molar-refractivity contribution in [2.24, 2.45) is 0 Å². The Labute approximate surface area is 162 Å². The van der Waals surface area contributed by atoms with Crippen LogP contribution in [0, 0.1) is 0 Å². The zero-order chi connectivity index (χ0) is 18.4. The molecule has 4 heterocycles. The number of fused-ring (bicyclic) bond motifs is 7. The fourth-order valence-corrected chi connectivity index (χ4v) is 4.77. The molecule has 0 fully saturated rings. The van der Waals surface area contributed by atoms with Gasteiger partial charge in [-0.3, -0.25) is 0 Å². The molecule has 2 aliphatic heterocycles. The molecule has 5 rings (SSSR count). The number of hydrogen-bond donors (Lipinski definition) is 2. The predicted octanol–water partition coefficient (Wildman–Crippen LogP) is 6.95. The molecular weight excluding hydrogens is 348 g/mol. The second-order valence-corrected chi connectivity index (χ2v) is 7.63. The van der Waals surface area contributed by atoms with Gasteiger partial charge >= 0.3 is 0 Å². The molecule has 0 spiro atoms. The summed E-state index contributed by atoms with van der Waals surface area (Å²) < 4.78 is 0. The number of para-hydroxylation sites is 1. The van der Waals surface area contributed by atoms with E-state index < -0.39 is 0 Å². The maximum absolute atomic E-state index is 4.01. The molecule has 2 nitrogen and oxygen atoms in total. The maximum Gasteiger partial charge on any atom is 0.0476 e. The van der Waals surface area contributed by atoms with Gasteiger partial charge in [0.15, 0.2) is 0 Å². The number of rotatable bonds is 2. The zero-order valence-electron chi connectivity index (χ0n) is 14.8. The lowest BCUT2D eigenvalue weighted by Gasteiger charge is -2.14.